The summed E-state index contributed by atoms with van der Waals surface area (Å²) in [6.45, 7) is 10.0. The second-order valence-corrected chi connectivity index (χ2v) is 8.10. The van der Waals surface area contributed by atoms with Gasteiger partial charge in [0, 0.05) is 27.5 Å². The van der Waals surface area contributed by atoms with Gasteiger partial charge in [-0.05, 0) is 25.2 Å². The van der Waals surface area contributed by atoms with Crippen molar-refractivity contribution in [2.24, 2.45) is 16.7 Å². The number of hydrogen-bond acceptors (Lipinski definition) is 5. The standard InChI is InChI=1S/C21H24O5/c1-5-6-13-17(23)12-7-8-14-20(2,3)15(26-11-22)9-10-21(14,4)16(12)19(25)18(13)24/h5,7-8,11,14-15,23H,1,6,9-10H2,2-4H3/t14-,15+,21-/m0/s1. The normalized spacial score (nSPS) is 32.9. The van der Waals surface area contributed by atoms with E-state index in [1.807, 2.05) is 26.8 Å². The van der Waals surface area contributed by atoms with Crippen LogP contribution in [0.25, 0.3) is 0 Å². The van der Waals surface area contributed by atoms with E-state index in [0.717, 1.165) is 0 Å². The second-order valence-electron chi connectivity index (χ2n) is 8.10. The molecule has 0 aromatic carbocycles. The van der Waals surface area contributed by atoms with E-state index in [0.29, 0.717) is 30.5 Å². The third-order valence-corrected chi connectivity index (χ3v) is 6.36. The van der Waals surface area contributed by atoms with Crippen molar-refractivity contribution in [3.63, 3.8) is 0 Å². The number of carbonyl (C=O) groups is 3. The summed E-state index contributed by atoms with van der Waals surface area (Å²) in [6, 6.07) is 0. The molecule has 1 fully saturated rings. The van der Waals surface area contributed by atoms with Gasteiger partial charge in [0.1, 0.15) is 11.9 Å². The Morgan fingerprint density at radius 2 is 2.00 bits per heavy atom. The molecular weight excluding hydrogens is 332 g/mol. The zero-order valence-corrected chi connectivity index (χ0v) is 15.4. The monoisotopic (exact) mass is 356 g/mol. The van der Waals surface area contributed by atoms with Crippen molar-refractivity contribution in [2.45, 2.75) is 46.1 Å². The van der Waals surface area contributed by atoms with Crippen LogP contribution in [0.15, 0.2) is 47.3 Å². The summed E-state index contributed by atoms with van der Waals surface area (Å²) in [5, 5.41) is 10.6. The maximum atomic E-state index is 13.0. The minimum atomic E-state index is -0.652. The SMILES string of the molecule is C=CCC1=C(O)C2=C(C(=O)C1=O)[C@@]1(C)CC[C@@H](OC=O)C(C)(C)[C@@H]1C=C2. The molecule has 0 amide bonds. The van der Waals surface area contributed by atoms with Gasteiger partial charge in [-0.15, -0.1) is 6.58 Å². The molecule has 1 N–H and O–H groups in total. The van der Waals surface area contributed by atoms with E-state index in [-0.39, 0.29) is 29.8 Å². The summed E-state index contributed by atoms with van der Waals surface area (Å²) in [6.07, 6.45) is 6.28. The van der Waals surface area contributed by atoms with Crippen molar-refractivity contribution in [3.8, 4) is 0 Å². The van der Waals surface area contributed by atoms with E-state index in [1.54, 1.807) is 6.08 Å². The summed E-state index contributed by atoms with van der Waals surface area (Å²) >= 11 is 0. The minimum Gasteiger partial charge on any atom is -0.507 e. The first-order valence-corrected chi connectivity index (χ1v) is 8.84. The van der Waals surface area contributed by atoms with Gasteiger partial charge in [0.25, 0.3) is 6.47 Å². The number of ether oxygens (including phenoxy) is 1. The predicted molar refractivity (Wildman–Crippen MR) is 96.2 cm³/mol. The highest BCUT2D eigenvalue weighted by molar-refractivity contribution is 6.50. The zero-order chi connectivity index (χ0) is 19.3. The topological polar surface area (TPSA) is 80.7 Å². The van der Waals surface area contributed by atoms with Crippen LogP contribution in [0.1, 0.15) is 40.0 Å². The molecule has 0 aromatic heterocycles. The van der Waals surface area contributed by atoms with Gasteiger partial charge in [0.15, 0.2) is 0 Å². The van der Waals surface area contributed by atoms with Crippen LogP contribution in [0.4, 0.5) is 0 Å². The number of rotatable bonds is 4. The molecule has 0 unspecified atom stereocenters. The lowest BCUT2D eigenvalue weighted by atomic mass is 9.50. The summed E-state index contributed by atoms with van der Waals surface area (Å²) in [5.74, 6) is -1.42. The molecule has 5 nitrogen and oxygen atoms in total. The van der Waals surface area contributed by atoms with Crippen molar-refractivity contribution in [3.05, 3.63) is 47.3 Å². The van der Waals surface area contributed by atoms with Crippen LogP contribution in [-0.4, -0.2) is 29.2 Å². The number of ketones is 2. The molecule has 0 aromatic rings. The highest BCUT2D eigenvalue weighted by Crippen LogP contribution is 2.59. The number of hydrogen-bond donors (Lipinski definition) is 1. The average molecular weight is 356 g/mol. The van der Waals surface area contributed by atoms with E-state index >= 15 is 0 Å². The van der Waals surface area contributed by atoms with Crippen LogP contribution in [0.5, 0.6) is 0 Å². The van der Waals surface area contributed by atoms with Crippen LogP contribution in [-0.2, 0) is 19.1 Å². The fourth-order valence-electron chi connectivity index (χ4n) is 5.05. The highest BCUT2D eigenvalue weighted by atomic mass is 16.5. The van der Waals surface area contributed by atoms with Gasteiger partial charge in [0.2, 0.25) is 11.6 Å². The van der Waals surface area contributed by atoms with E-state index < -0.39 is 22.4 Å². The van der Waals surface area contributed by atoms with Gasteiger partial charge in [-0.25, -0.2) is 0 Å². The average Bonchev–Trinajstić information content (AvgIpc) is 2.58. The molecule has 5 heteroatoms. The lowest BCUT2D eigenvalue weighted by molar-refractivity contribution is -0.150. The molecule has 0 heterocycles. The molecular formula is C21H24O5. The number of Topliss-reactive ketones (excluding diaryl/α,β-unsaturated/α-hetero) is 2. The molecule has 0 aliphatic heterocycles. The van der Waals surface area contributed by atoms with Crippen molar-refractivity contribution in [2.75, 3.05) is 0 Å². The predicted octanol–water partition coefficient (Wildman–Crippen LogP) is 3.38. The number of aliphatic hydroxyl groups is 1. The van der Waals surface area contributed by atoms with Gasteiger partial charge < -0.3 is 9.84 Å². The second kappa shape index (κ2) is 6.08. The van der Waals surface area contributed by atoms with Gasteiger partial charge in [-0.2, -0.15) is 0 Å². The molecule has 3 aliphatic carbocycles. The maximum Gasteiger partial charge on any atom is 0.293 e. The summed E-state index contributed by atoms with van der Waals surface area (Å²) < 4.78 is 5.29. The summed E-state index contributed by atoms with van der Waals surface area (Å²) in [5.41, 5.74) is -0.0783. The van der Waals surface area contributed by atoms with Gasteiger partial charge in [-0.1, -0.05) is 39.0 Å². The van der Waals surface area contributed by atoms with Crippen LogP contribution >= 0.6 is 0 Å². The Balaban J connectivity index is 2.14. The maximum absolute atomic E-state index is 13.0. The van der Waals surface area contributed by atoms with E-state index in [1.165, 1.54) is 6.08 Å². The number of allylic oxidation sites excluding steroid dienone is 5. The van der Waals surface area contributed by atoms with E-state index in [9.17, 15) is 19.5 Å². The van der Waals surface area contributed by atoms with E-state index in [2.05, 4.69) is 6.58 Å². The van der Waals surface area contributed by atoms with Crippen LogP contribution < -0.4 is 0 Å². The lowest BCUT2D eigenvalue weighted by Gasteiger charge is -2.55. The minimum absolute atomic E-state index is 0.0991. The quantitative estimate of drug-likeness (QED) is 0.361. The lowest BCUT2D eigenvalue weighted by Crippen LogP contribution is -2.53. The molecule has 0 radical (unpaired) electrons. The molecule has 0 bridgehead atoms. The van der Waals surface area contributed by atoms with Gasteiger partial charge in [0.05, 0.1) is 0 Å². The molecule has 3 rings (SSSR count). The first-order chi connectivity index (χ1) is 12.2. The summed E-state index contributed by atoms with van der Waals surface area (Å²) in [7, 11) is 0. The zero-order valence-electron chi connectivity index (χ0n) is 15.4. The first-order valence-electron chi connectivity index (χ1n) is 8.84. The largest absolute Gasteiger partial charge is 0.507 e. The van der Waals surface area contributed by atoms with Crippen molar-refractivity contribution in [1.29, 1.82) is 0 Å². The molecule has 3 atom stereocenters. The molecule has 138 valence electrons. The molecule has 1 saturated carbocycles. The number of carbonyl (C=O) groups excluding carboxylic acids is 3. The van der Waals surface area contributed by atoms with E-state index in [4.69, 9.17) is 4.74 Å². The third kappa shape index (κ3) is 2.33. The molecule has 3 aliphatic rings. The molecule has 0 spiro atoms. The van der Waals surface area contributed by atoms with Crippen LogP contribution in [0, 0.1) is 16.7 Å². The Bertz CT molecular complexity index is 795. The van der Waals surface area contributed by atoms with Crippen LogP contribution in [0.2, 0.25) is 0 Å². The third-order valence-electron chi connectivity index (χ3n) is 6.36. The highest BCUT2D eigenvalue weighted by Gasteiger charge is 2.57. The Morgan fingerprint density at radius 1 is 1.31 bits per heavy atom. The Kier molecular flexibility index (Phi) is 4.29. The molecule has 26 heavy (non-hydrogen) atoms. The Labute approximate surface area is 153 Å². The fourth-order valence-corrected chi connectivity index (χ4v) is 5.05. The van der Waals surface area contributed by atoms with Crippen molar-refractivity contribution in [1.82, 2.24) is 0 Å². The Morgan fingerprint density at radius 3 is 2.62 bits per heavy atom. The smallest absolute Gasteiger partial charge is 0.293 e. The number of fused-ring (bicyclic) bond motifs is 2. The summed E-state index contributed by atoms with van der Waals surface area (Å²) in [4.78, 5) is 36.4. The fraction of sp³-hybridized carbons (Fsp3) is 0.476. The Hall–Kier alpha value is -2.43. The van der Waals surface area contributed by atoms with Crippen molar-refractivity contribution >= 4 is 18.0 Å². The van der Waals surface area contributed by atoms with Gasteiger partial charge in [-0.3, -0.25) is 14.4 Å². The first kappa shape index (κ1) is 18.4. The molecule has 0 saturated heterocycles. The van der Waals surface area contributed by atoms with Crippen LogP contribution in [0.3, 0.4) is 0 Å². The van der Waals surface area contributed by atoms with Gasteiger partial charge >= 0.3 is 0 Å². The van der Waals surface area contributed by atoms with Crippen molar-refractivity contribution < 1.29 is 24.2 Å². The number of aliphatic hydroxyl groups excluding tert-OH is 1.